The summed E-state index contributed by atoms with van der Waals surface area (Å²) in [7, 11) is 2.02. The number of rotatable bonds is 4. The molecule has 0 atom stereocenters. The molecule has 1 saturated heterocycles. The number of aromatic nitrogens is 2. The van der Waals surface area contributed by atoms with Crippen molar-refractivity contribution in [3.05, 3.63) is 45.2 Å². The summed E-state index contributed by atoms with van der Waals surface area (Å²) in [5.41, 5.74) is -0.206. The van der Waals surface area contributed by atoms with Crippen molar-refractivity contribution in [1.82, 2.24) is 14.9 Å². The maximum atomic E-state index is 11.6. The maximum Gasteiger partial charge on any atom is 0.373 e. The fourth-order valence-electron chi connectivity index (χ4n) is 2.48. The normalized spacial score (nSPS) is 15.3. The molecule has 8 nitrogen and oxygen atoms in total. The summed E-state index contributed by atoms with van der Waals surface area (Å²) in [6.07, 6.45) is 1.30. The number of piperazine rings is 1. The molecule has 24 heavy (non-hydrogen) atoms. The predicted octanol–water partition coefficient (Wildman–Crippen LogP) is 2.69. The molecule has 0 spiro atoms. The molecular formula is C15H16BrN5O3. The highest BCUT2D eigenvalue weighted by Crippen LogP contribution is 2.36. The van der Waals surface area contributed by atoms with Crippen LogP contribution in [0.5, 0.6) is 11.6 Å². The second-order valence-corrected chi connectivity index (χ2v) is 6.37. The van der Waals surface area contributed by atoms with E-state index in [1.54, 1.807) is 18.2 Å². The van der Waals surface area contributed by atoms with Crippen LogP contribution in [0, 0.1) is 10.1 Å². The van der Waals surface area contributed by atoms with Crippen LogP contribution in [0.1, 0.15) is 0 Å². The number of nitrogens with zero attached hydrogens (tertiary/aromatic N) is 5. The maximum absolute atomic E-state index is 11.6. The van der Waals surface area contributed by atoms with Gasteiger partial charge in [0.15, 0.2) is 0 Å². The molecular weight excluding hydrogens is 378 g/mol. The first-order valence-corrected chi connectivity index (χ1v) is 8.20. The standard InChI is InChI=1S/C15H16BrN5O3/c1-19-5-7-20(8-6-19)14-13(21(22)23)15(18-10-17-14)24-12-4-2-3-11(16)9-12/h2-4,9-10H,5-8H2,1H3. The van der Waals surface area contributed by atoms with Crippen molar-refractivity contribution in [2.45, 2.75) is 0 Å². The summed E-state index contributed by atoms with van der Waals surface area (Å²) in [4.78, 5) is 23.3. The summed E-state index contributed by atoms with van der Waals surface area (Å²) < 4.78 is 6.46. The first-order chi connectivity index (χ1) is 11.5. The number of hydrogen-bond donors (Lipinski definition) is 0. The second kappa shape index (κ2) is 7.10. The second-order valence-electron chi connectivity index (χ2n) is 5.46. The van der Waals surface area contributed by atoms with Gasteiger partial charge in [-0.25, -0.2) is 4.98 Å². The quantitative estimate of drug-likeness (QED) is 0.582. The highest BCUT2D eigenvalue weighted by molar-refractivity contribution is 9.10. The molecule has 0 amide bonds. The van der Waals surface area contributed by atoms with Gasteiger partial charge in [0.05, 0.1) is 4.92 Å². The fraction of sp³-hybridized carbons (Fsp3) is 0.333. The molecule has 2 aromatic rings. The van der Waals surface area contributed by atoms with Gasteiger partial charge in [-0.3, -0.25) is 10.1 Å². The summed E-state index contributed by atoms with van der Waals surface area (Å²) in [6.45, 7) is 2.99. The Bertz CT molecular complexity index is 750. The molecule has 0 unspecified atom stereocenters. The molecule has 1 aromatic carbocycles. The smallest absolute Gasteiger partial charge is 0.373 e. The van der Waals surface area contributed by atoms with Crippen LogP contribution >= 0.6 is 15.9 Å². The van der Waals surface area contributed by atoms with Crippen molar-refractivity contribution < 1.29 is 9.66 Å². The van der Waals surface area contributed by atoms with E-state index < -0.39 is 4.92 Å². The molecule has 1 aliphatic rings. The number of nitro groups is 1. The fourth-order valence-corrected chi connectivity index (χ4v) is 2.86. The number of halogens is 1. The monoisotopic (exact) mass is 393 g/mol. The third-order valence-electron chi connectivity index (χ3n) is 3.77. The van der Waals surface area contributed by atoms with E-state index in [0.29, 0.717) is 24.7 Å². The Morgan fingerprint density at radius 1 is 1.25 bits per heavy atom. The van der Waals surface area contributed by atoms with E-state index in [-0.39, 0.29) is 11.6 Å². The lowest BCUT2D eigenvalue weighted by Gasteiger charge is -2.32. The van der Waals surface area contributed by atoms with Gasteiger partial charge in [0, 0.05) is 30.7 Å². The van der Waals surface area contributed by atoms with Gasteiger partial charge in [0.1, 0.15) is 12.1 Å². The zero-order valence-electron chi connectivity index (χ0n) is 13.1. The Kier molecular flexibility index (Phi) is 4.91. The van der Waals surface area contributed by atoms with E-state index in [2.05, 4.69) is 30.8 Å². The van der Waals surface area contributed by atoms with E-state index in [1.807, 2.05) is 18.0 Å². The van der Waals surface area contributed by atoms with Gasteiger partial charge in [-0.05, 0) is 25.2 Å². The van der Waals surface area contributed by atoms with Gasteiger partial charge >= 0.3 is 11.6 Å². The third-order valence-corrected chi connectivity index (χ3v) is 4.26. The summed E-state index contributed by atoms with van der Waals surface area (Å²) >= 11 is 3.35. The molecule has 2 heterocycles. The van der Waals surface area contributed by atoms with Crippen molar-refractivity contribution >= 4 is 27.4 Å². The van der Waals surface area contributed by atoms with E-state index in [0.717, 1.165) is 17.6 Å². The molecule has 0 bridgehead atoms. The lowest BCUT2D eigenvalue weighted by atomic mass is 10.3. The van der Waals surface area contributed by atoms with Crippen LogP contribution < -0.4 is 9.64 Å². The molecule has 1 aromatic heterocycles. The topological polar surface area (TPSA) is 84.6 Å². The molecule has 0 radical (unpaired) electrons. The number of hydrogen-bond acceptors (Lipinski definition) is 7. The van der Waals surface area contributed by atoms with Crippen molar-refractivity contribution in [1.29, 1.82) is 0 Å². The van der Waals surface area contributed by atoms with E-state index in [1.165, 1.54) is 6.33 Å². The molecule has 0 N–H and O–H groups in total. The Morgan fingerprint density at radius 2 is 2.00 bits per heavy atom. The minimum absolute atomic E-state index is 0.0537. The number of likely N-dealkylation sites (N-methyl/N-ethyl adjacent to an activating group) is 1. The Hall–Kier alpha value is -2.26. The Morgan fingerprint density at radius 3 is 2.67 bits per heavy atom. The van der Waals surface area contributed by atoms with Crippen LogP contribution in [-0.2, 0) is 0 Å². The summed E-state index contributed by atoms with van der Waals surface area (Å²) in [6, 6.07) is 7.07. The molecule has 0 saturated carbocycles. The van der Waals surface area contributed by atoms with Gasteiger partial charge in [-0.2, -0.15) is 4.98 Å². The zero-order chi connectivity index (χ0) is 17.1. The molecule has 126 valence electrons. The van der Waals surface area contributed by atoms with Crippen LogP contribution in [0.2, 0.25) is 0 Å². The largest absolute Gasteiger partial charge is 0.434 e. The zero-order valence-corrected chi connectivity index (χ0v) is 14.6. The lowest BCUT2D eigenvalue weighted by Crippen LogP contribution is -2.45. The molecule has 1 fully saturated rings. The van der Waals surface area contributed by atoms with E-state index in [4.69, 9.17) is 4.74 Å². The first kappa shape index (κ1) is 16.6. The molecule has 0 aliphatic carbocycles. The van der Waals surface area contributed by atoms with Crippen LogP contribution in [0.25, 0.3) is 0 Å². The summed E-state index contributed by atoms with van der Waals surface area (Å²) in [5, 5.41) is 11.6. The van der Waals surface area contributed by atoms with E-state index in [9.17, 15) is 10.1 Å². The number of benzene rings is 1. The van der Waals surface area contributed by atoms with Gasteiger partial charge in [-0.1, -0.05) is 22.0 Å². The Balaban J connectivity index is 1.95. The average Bonchev–Trinajstić information content (AvgIpc) is 2.55. The van der Waals surface area contributed by atoms with Crippen LogP contribution in [0.4, 0.5) is 11.5 Å². The molecule has 9 heteroatoms. The molecule has 1 aliphatic heterocycles. The first-order valence-electron chi connectivity index (χ1n) is 7.41. The highest BCUT2D eigenvalue weighted by Gasteiger charge is 2.30. The van der Waals surface area contributed by atoms with Crippen LogP contribution in [0.15, 0.2) is 35.1 Å². The Labute approximate surface area is 147 Å². The van der Waals surface area contributed by atoms with Gasteiger partial charge in [-0.15, -0.1) is 0 Å². The molecule has 3 rings (SSSR count). The van der Waals surface area contributed by atoms with E-state index >= 15 is 0 Å². The average molecular weight is 394 g/mol. The minimum Gasteiger partial charge on any atom is -0.434 e. The van der Waals surface area contributed by atoms with Gasteiger partial charge in [0.2, 0.25) is 5.82 Å². The predicted molar refractivity (Wildman–Crippen MR) is 92.6 cm³/mol. The van der Waals surface area contributed by atoms with Crippen molar-refractivity contribution in [3.63, 3.8) is 0 Å². The SMILES string of the molecule is CN1CCN(c2ncnc(Oc3cccc(Br)c3)c2[N+](=O)[O-])CC1. The number of ether oxygens (including phenoxy) is 1. The van der Waals surface area contributed by atoms with Crippen molar-refractivity contribution in [2.24, 2.45) is 0 Å². The van der Waals surface area contributed by atoms with Crippen LogP contribution in [-0.4, -0.2) is 53.0 Å². The minimum atomic E-state index is -0.485. The lowest BCUT2D eigenvalue weighted by molar-refractivity contribution is -0.385. The van der Waals surface area contributed by atoms with Crippen molar-refractivity contribution in [3.8, 4) is 11.6 Å². The third kappa shape index (κ3) is 3.62. The van der Waals surface area contributed by atoms with Crippen molar-refractivity contribution in [2.75, 3.05) is 38.1 Å². The summed E-state index contributed by atoms with van der Waals surface area (Å²) in [5.74, 6) is 0.714. The van der Waals surface area contributed by atoms with Gasteiger partial charge < -0.3 is 14.5 Å². The number of anilines is 1. The highest BCUT2D eigenvalue weighted by atomic mass is 79.9. The van der Waals surface area contributed by atoms with Crippen LogP contribution in [0.3, 0.4) is 0 Å². The van der Waals surface area contributed by atoms with Gasteiger partial charge in [0.25, 0.3) is 0 Å².